The first-order chi connectivity index (χ1) is 7.81. The van der Waals surface area contributed by atoms with Crippen molar-refractivity contribution in [3.8, 4) is 0 Å². The Morgan fingerprint density at radius 3 is 2.62 bits per heavy atom. The first-order valence-electron chi connectivity index (χ1n) is 6.01. The minimum Gasteiger partial charge on any atom is -0.268 e. The summed E-state index contributed by atoms with van der Waals surface area (Å²) in [6.07, 6.45) is 9.09. The highest BCUT2D eigenvalue weighted by Crippen LogP contribution is 2.08. The number of hydrogen-bond acceptors (Lipinski definition) is 1. The molecule has 0 aliphatic heterocycles. The molecule has 0 atom stereocenters. The van der Waals surface area contributed by atoms with Gasteiger partial charge in [0.05, 0.1) is 11.4 Å². The monoisotopic (exact) mass is 217 g/mol. The van der Waals surface area contributed by atoms with Gasteiger partial charge in [0.1, 0.15) is 0 Å². The fraction of sp³-hybridized carbons (Fsp3) is 0.500. The molecule has 0 aliphatic carbocycles. The fourth-order valence-corrected chi connectivity index (χ4v) is 1.68. The van der Waals surface area contributed by atoms with Crippen molar-refractivity contribution in [3.63, 3.8) is 0 Å². The van der Waals surface area contributed by atoms with Gasteiger partial charge in [-0.05, 0) is 6.42 Å². The van der Waals surface area contributed by atoms with Crippen molar-refractivity contribution in [2.45, 2.75) is 45.6 Å². The van der Waals surface area contributed by atoms with Crippen LogP contribution in [0.4, 0.5) is 0 Å². The van der Waals surface area contributed by atoms with E-state index in [1.807, 2.05) is 12.2 Å². The molecule has 1 aromatic heterocycles. The standard InChI is InChI=1S/C14H21N2/c1-4-7-8-11-16-14(10-6-3)12-13(15-16)9-5-2/h5-6H,2-4,7-11H2,1H3. The van der Waals surface area contributed by atoms with Crippen LogP contribution in [0.1, 0.15) is 37.6 Å². The third-order valence-electron chi connectivity index (χ3n) is 2.49. The summed E-state index contributed by atoms with van der Waals surface area (Å²) in [5.74, 6) is 0. The van der Waals surface area contributed by atoms with Crippen LogP contribution in [0.15, 0.2) is 25.3 Å². The molecule has 1 aromatic rings. The Balaban J connectivity index is 2.69. The third kappa shape index (κ3) is 3.69. The molecule has 0 N–H and O–H groups in total. The van der Waals surface area contributed by atoms with Crippen LogP contribution in [-0.2, 0) is 19.4 Å². The Labute approximate surface area is 98.7 Å². The molecular weight excluding hydrogens is 196 g/mol. The zero-order chi connectivity index (χ0) is 11.8. The highest BCUT2D eigenvalue weighted by molar-refractivity contribution is 5.13. The summed E-state index contributed by atoms with van der Waals surface area (Å²) in [4.78, 5) is 0. The molecule has 2 heteroatoms. The number of unbranched alkanes of at least 4 members (excludes halogenated alkanes) is 2. The van der Waals surface area contributed by atoms with Gasteiger partial charge in [-0.1, -0.05) is 31.9 Å². The highest BCUT2D eigenvalue weighted by Gasteiger charge is 2.05. The van der Waals surface area contributed by atoms with E-state index in [9.17, 15) is 0 Å². The number of aryl methyl sites for hydroxylation is 1. The van der Waals surface area contributed by atoms with Crippen LogP contribution in [-0.4, -0.2) is 9.78 Å². The minimum absolute atomic E-state index is 0.797. The molecule has 0 aromatic carbocycles. The van der Waals surface area contributed by atoms with E-state index in [4.69, 9.17) is 0 Å². The molecular formula is C14H21N2. The second-order valence-electron chi connectivity index (χ2n) is 3.93. The zero-order valence-corrected chi connectivity index (χ0v) is 10.2. The summed E-state index contributed by atoms with van der Waals surface area (Å²) in [6.45, 7) is 10.7. The summed E-state index contributed by atoms with van der Waals surface area (Å²) < 4.78 is 2.07. The first kappa shape index (κ1) is 12.8. The van der Waals surface area contributed by atoms with E-state index >= 15 is 0 Å². The molecule has 0 aliphatic rings. The topological polar surface area (TPSA) is 17.8 Å². The van der Waals surface area contributed by atoms with Crippen LogP contribution in [0, 0.1) is 6.07 Å². The van der Waals surface area contributed by atoms with Gasteiger partial charge in [0.15, 0.2) is 0 Å². The quantitative estimate of drug-likeness (QED) is 0.482. The number of nitrogens with zero attached hydrogens (tertiary/aromatic N) is 2. The average Bonchev–Trinajstić information content (AvgIpc) is 2.63. The lowest BCUT2D eigenvalue weighted by atomic mass is 10.2. The molecule has 0 bridgehead atoms. The molecule has 16 heavy (non-hydrogen) atoms. The van der Waals surface area contributed by atoms with E-state index in [2.05, 4.69) is 35.9 Å². The average molecular weight is 217 g/mol. The second-order valence-corrected chi connectivity index (χ2v) is 3.93. The van der Waals surface area contributed by atoms with E-state index in [0.29, 0.717) is 0 Å². The first-order valence-corrected chi connectivity index (χ1v) is 6.01. The summed E-state index contributed by atoms with van der Waals surface area (Å²) in [5, 5.41) is 4.53. The highest BCUT2D eigenvalue weighted by atomic mass is 15.3. The van der Waals surface area contributed by atoms with Crippen LogP contribution in [0.3, 0.4) is 0 Å². The molecule has 0 amide bonds. The van der Waals surface area contributed by atoms with Crippen molar-refractivity contribution in [1.82, 2.24) is 9.78 Å². The summed E-state index contributed by atoms with van der Waals surface area (Å²) in [7, 11) is 0. The van der Waals surface area contributed by atoms with Crippen molar-refractivity contribution in [2.24, 2.45) is 0 Å². The van der Waals surface area contributed by atoms with E-state index in [1.165, 1.54) is 19.3 Å². The largest absolute Gasteiger partial charge is 0.268 e. The number of hydrogen-bond donors (Lipinski definition) is 0. The molecule has 2 nitrogen and oxygen atoms in total. The van der Waals surface area contributed by atoms with Crippen LogP contribution >= 0.6 is 0 Å². The van der Waals surface area contributed by atoms with Crippen LogP contribution in [0.2, 0.25) is 0 Å². The molecule has 87 valence electrons. The van der Waals surface area contributed by atoms with Gasteiger partial charge in [-0.2, -0.15) is 5.10 Å². The maximum Gasteiger partial charge on any atom is 0.0744 e. The molecule has 0 fully saturated rings. The predicted molar refractivity (Wildman–Crippen MR) is 68.4 cm³/mol. The zero-order valence-electron chi connectivity index (χ0n) is 10.2. The summed E-state index contributed by atoms with van der Waals surface area (Å²) >= 11 is 0. The van der Waals surface area contributed by atoms with E-state index in [-0.39, 0.29) is 0 Å². The lowest BCUT2D eigenvalue weighted by molar-refractivity contribution is 0.535. The maximum absolute atomic E-state index is 4.53. The molecule has 1 radical (unpaired) electrons. The van der Waals surface area contributed by atoms with Gasteiger partial charge < -0.3 is 0 Å². The minimum atomic E-state index is 0.797. The molecule has 0 saturated carbocycles. The van der Waals surface area contributed by atoms with Gasteiger partial charge in [0, 0.05) is 25.5 Å². The Hall–Kier alpha value is -1.31. The van der Waals surface area contributed by atoms with Crippen molar-refractivity contribution >= 4 is 0 Å². The smallest absolute Gasteiger partial charge is 0.0744 e. The molecule has 0 unspecified atom stereocenters. The Morgan fingerprint density at radius 1 is 1.25 bits per heavy atom. The lowest BCUT2D eigenvalue weighted by Gasteiger charge is -2.04. The van der Waals surface area contributed by atoms with Gasteiger partial charge in [-0.25, -0.2) is 0 Å². The fourth-order valence-electron chi connectivity index (χ4n) is 1.68. The van der Waals surface area contributed by atoms with Crippen LogP contribution in [0.5, 0.6) is 0 Å². The number of rotatable bonds is 8. The van der Waals surface area contributed by atoms with E-state index in [0.717, 1.165) is 30.8 Å². The van der Waals surface area contributed by atoms with Crippen molar-refractivity contribution in [3.05, 3.63) is 42.8 Å². The Bertz CT molecular complexity index is 337. The molecule has 0 spiro atoms. The SMILES string of the molecule is C=CCc1[c]c(CC=C)n(CCCCC)n1. The summed E-state index contributed by atoms with van der Waals surface area (Å²) in [5.41, 5.74) is 2.13. The second kappa shape index (κ2) is 7.04. The lowest BCUT2D eigenvalue weighted by Crippen LogP contribution is -2.04. The molecule has 0 saturated heterocycles. The summed E-state index contributed by atoms with van der Waals surface area (Å²) in [6, 6.07) is 3.32. The van der Waals surface area contributed by atoms with Gasteiger partial charge in [0.25, 0.3) is 0 Å². The van der Waals surface area contributed by atoms with Crippen LogP contribution in [0.25, 0.3) is 0 Å². The van der Waals surface area contributed by atoms with Gasteiger partial charge in [-0.15, -0.1) is 13.2 Å². The van der Waals surface area contributed by atoms with E-state index < -0.39 is 0 Å². The predicted octanol–water partition coefficient (Wildman–Crippen LogP) is 3.33. The van der Waals surface area contributed by atoms with Crippen molar-refractivity contribution in [1.29, 1.82) is 0 Å². The van der Waals surface area contributed by atoms with Crippen molar-refractivity contribution in [2.75, 3.05) is 0 Å². The van der Waals surface area contributed by atoms with Gasteiger partial charge >= 0.3 is 0 Å². The van der Waals surface area contributed by atoms with Crippen LogP contribution < -0.4 is 0 Å². The van der Waals surface area contributed by atoms with Crippen molar-refractivity contribution < 1.29 is 0 Å². The third-order valence-corrected chi connectivity index (χ3v) is 2.49. The van der Waals surface area contributed by atoms with E-state index in [1.54, 1.807) is 0 Å². The number of aromatic nitrogens is 2. The van der Waals surface area contributed by atoms with Gasteiger partial charge in [-0.3, -0.25) is 4.68 Å². The Kier molecular flexibility index (Phi) is 5.62. The Morgan fingerprint density at radius 2 is 2.00 bits per heavy atom. The number of allylic oxidation sites excluding steroid dienone is 2. The maximum atomic E-state index is 4.53. The normalized spacial score (nSPS) is 10.3. The van der Waals surface area contributed by atoms with Gasteiger partial charge in [0.2, 0.25) is 0 Å². The molecule has 1 rings (SSSR count). The molecule has 1 heterocycles.